The normalized spacial score (nSPS) is 17.2. The molecule has 2 aromatic rings. The van der Waals surface area contributed by atoms with Gasteiger partial charge in [-0.2, -0.15) is 0 Å². The smallest absolute Gasteiger partial charge is 0.248 e. The van der Waals surface area contributed by atoms with Gasteiger partial charge in [-0.25, -0.2) is 4.98 Å². The van der Waals surface area contributed by atoms with E-state index in [4.69, 9.17) is 5.73 Å². The number of aryl methyl sites for hydroxylation is 2. The topological polar surface area (TPSA) is 72.9 Å². The van der Waals surface area contributed by atoms with Gasteiger partial charge in [0.1, 0.15) is 5.82 Å². The van der Waals surface area contributed by atoms with Crippen molar-refractivity contribution in [2.45, 2.75) is 38.8 Å². The Morgan fingerprint density at radius 3 is 2.91 bits per heavy atom. The summed E-state index contributed by atoms with van der Waals surface area (Å²) in [5, 5.41) is 3.50. The maximum Gasteiger partial charge on any atom is 0.248 e. The van der Waals surface area contributed by atoms with E-state index in [1.807, 2.05) is 12.1 Å². The summed E-state index contributed by atoms with van der Waals surface area (Å²) in [5.41, 5.74) is 8.05. The van der Waals surface area contributed by atoms with Crippen molar-refractivity contribution in [2.24, 2.45) is 5.73 Å². The predicted molar refractivity (Wildman–Crippen MR) is 85.6 cm³/mol. The van der Waals surface area contributed by atoms with Gasteiger partial charge in [0.25, 0.3) is 0 Å². The second-order valence-corrected chi connectivity index (χ2v) is 5.97. The van der Waals surface area contributed by atoms with Gasteiger partial charge in [-0.3, -0.25) is 4.79 Å². The Balaban J connectivity index is 1.56. The molecule has 1 atom stereocenters. The molecule has 0 unspecified atom stereocenters. The van der Waals surface area contributed by atoms with E-state index in [0.717, 1.165) is 30.9 Å². The Bertz CT molecular complexity index is 660. The van der Waals surface area contributed by atoms with Crippen LogP contribution in [0.15, 0.2) is 30.5 Å². The Kier molecular flexibility index (Phi) is 4.24. The molecule has 5 nitrogen and oxygen atoms in total. The molecule has 22 heavy (non-hydrogen) atoms. The molecule has 0 spiro atoms. The first-order chi connectivity index (χ1) is 10.6. The molecule has 5 heteroatoms. The molecule has 0 aliphatic carbocycles. The Morgan fingerprint density at radius 1 is 1.41 bits per heavy atom. The second kappa shape index (κ2) is 6.32. The predicted octanol–water partition coefficient (Wildman–Crippen LogP) is 1.96. The van der Waals surface area contributed by atoms with E-state index >= 15 is 0 Å². The molecule has 1 aromatic carbocycles. The number of imidazole rings is 1. The molecule has 116 valence electrons. The molecular weight excluding hydrogens is 276 g/mol. The van der Waals surface area contributed by atoms with Crippen molar-refractivity contribution < 1.29 is 4.79 Å². The van der Waals surface area contributed by atoms with Gasteiger partial charge in [0.2, 0.25) is 5.91 Å². The Morgan fingerprint density at radius 2 is 2.18 bits per heavy atom. The average Bonchev–Trinajstić information content (AvgIpc) is 2.89. The molecule has 1 aromatic heterocycles. The van der Waals surface area contributed by atoms with E-state index in [9.17, 15) is 4.79 Å². The molecule has 2 heterocycles. The highest BCUT2D eigenvalue weighted by Gasteiger charge is 2.21. The number of carbonyl (C=O) groups excluding carboxylic acids is 1. The van der Waals surface area contributed by atoms with Gasteiger partial charge in [0.05, 0.1) is 5.69 Å². The standard InChI is InChI=1S/C17H22N4O/c1-12-11-21-8-2-3-15(17(21)20-12)10-19-9-13-4-6-14(7-5-13)16(18)22/h4-7,11,15,19H,2-3,8-10H2,1H3,(H2,18,22)/t15-/m1/s1. The highest BCUT2D eigenvalue weighted by atomic mass is 16.1. The van der Waals surface area contributed by atoms with Gasteiger partial charge < -0.3 is 15.6 Å². The fourth-order valence-electron chi connectivity index (χ4n) is 3.08. The highest BCUT2D eigenvalue weighted by Crippen LogP contribution is 2.26. The van der Waals surface area contributed by atoms with Crippen molar-refractivity contribution in [2.75, 3.05) is 6.54 Å². The summed E-state index contributed by atoms with van der Waals surface area (Å²) in [6.45, 7) is 4.85. The number of carbonyl (C=O) groups is 1. The number of hydrogen-bond acceptors (Lipinski definition) is 3. The van der Waals surface area contributed by atoms with Crippen LogP contribution in [-0.4, -0.2) is 22.0 Å². The van der Waals surface area contributed by atoms with Gasteiger partial charge in [0.15, 0.2) is 0 Å². The lowest BCUT2D eigenvalue weighted by atomic mass is 9.99. The quantitative estimate of drug-likeness (QED) is 0.886. The van der Waals surface area contributed by atoms with E-state index in [1.54, 1.807) is 12.1 Å². The first kappa shape index (κ1) is 14.8. The molecular formula is C17H22N4O. The van der Waals surface area contributed by atoms with Crippen molar-refractivity contribution in [3.63, 3.8) is 0 Å². The first-order valence-corrected chi connectivity index (χ1v) is 7.76. The number of amides is 1. The number of benzene rings is 1. The van der Waals surface area contributed by atoms with E-state index in [0.29, 0.717) is 11.5 Å². The number of primary amides is 1. The van der Waals surface area contributed by atoms with Crippen LogP contribution in [0.2, 0.25) is 0 Å². The van der Waals surface area contributed by atoms with Gasteiger partial charge in [-0.1, -0.05) is 12.1 Å². The fraction of sp³-hybridized carbons (Fsp3) is 0.412. The van der Waals surface area contributed by atoms with Crippen LogP contribution in [0.25, 0.3) is 0 Å². The number of aromatic nitrogens is 2. The minimum atomic E-state index is -0.385. The van der Waals surface area contributed by atoms with Crippen molar-refractivity contribution in [1.82, 2.24) is 14.9 Å². The summed E-state index contributed by atoms with van der Waals surface area (Å²) in [6, 6.07) is 7.43. The summed E-state index contributed by atoms with van der Waals surface area (Å²) in [5.74, 6) is 1.30. The third-order valence-corrected chi connectivity index (χ3v) is 4.20. The number of nitrogens with two attached hydrogens (primary N) is 1. The molecule has 0 saturated carbocycles. The fourth-order valence-corrected chi connectivity index (χ4v) is 3.08. The van der Waals surface area contributed by atoms with Crippen LogP contribution in [0.5, 0.6) is 0 Å². The maximum atomic E-state index is 11.0. The number of rotatable bonds is 5. The molecule has 0 saturated heterocycles. The third kappa shape index (κ3) is 3.20. The Hall–Kier alpha value is -2.14. The summed E-state index contributed by atoms with van der Waals surface area (Å²) in [7, 11) is 0. The first-order valence-electron chi connectivity index (χ1n) is 7.76. The van der Waals surface area contributed by atoms with Crippen molar-refractivity contribution in [3.8, 4) is 0 Å². The zero-order chi connectivity index (χ0) is 15.5. The summed E-state index contributed by atoms with van der Waals surface area (Å²) in [6.07, 6.45) is 4.54. The number of hydrogen-bond donors (Lipinski definition) is 2. The minimum Gasteiger partial charge on any atom is -0.366 e. The number of nitrogens with one attached hydrogen (secondary N) is 1. The van der Waals surface area contributed by atoms with Crippen molar-refractivity contribution in [3.05, 3.63) is 53.1 Å². The van der Waals surface area contributed by atoms with Crippen LogP contribution in [0.4, 0.5) is 0 Å². The van der Waals surface area contributed by atoms with Crippen molar-refractivity contribution in [1.29, 1.82) is 0 Å². The summed E-state index contributed by atoms with van der Waals surface area (Å²) >= 11 is 0. The maximum absolute atomic E-state index is 11.0. The van der Waals surface area contributed by atoms with Gasteiger partial charge in [0, 0.05) is 37.3 Å². The third-order valence-electron chi connectivity index (χ3n) is 4.20. The molecule has 1 aliphatic rings. The number of nitrogens with zero attached hydrogens (tertiary/aromatic N) is 2. The Labute approximate surface area is 130 Å². The molecule has 3 N–H and O–H groups in total. The van der Waals surface area contributed by atoms with Crippen LogP contribution in [0.1, 0.15) is 46.2 Å². The summed E-state index contributed by atoms with van der Waals surface area (Å²) in [4.78, 5) is 15.7. The largest absolute Gasteiger partial charge is 0.366 e. The van der Waals surface area contributed by atoms with Crippen LogP contribution in [0, 0.1) is 6.92 Å². The molecule has 1 aliphatic heterocycles. The van der Waals surface area contributed by atoms with Gasteiger partial charge in [-0.15, -0.1) is 0 Å². The lowest BCUT2D eigenvalue weighted by Gasteiger charge is -2.23. The van der Waals surface area contributed by atoms with E-state index in [1.165, 1.54) is 18.7 Å². The van der Waals surface area contributed by atoms with Crippen LogP contribution >= 0.6 is 0 Å². The van der Waals surface area contributed by atoms with E-state index < -0.39 is 0 Å². The monoisotopic (exact) mass is 298 g/mol. The molecule has 3 rings (SSSR count). The molecule has 0 radical (unpaired) electrons. The zero-order valence-electron chi connectivity index (χ0n) is 12.9. The average molecular weight is 298 g/mol. The lowest BCUT2D eigenvalue weighted by Crippen LogP contribution is -2.26. The van der Waals surface area contributed by atoms with Gasteiger partial charge in [-0.05, 0) is 37.5 Å². The SMILES string of the molecule is Cc1cn2c(n1)[C@@H](CNCc1ccc(C(N)=O)cc1)CCC2. The molecule has 0 fully saturated rings. The van der Waals surface area contributed by atoms with E-state index in [-0.39, 0.29) is 5.91 Å². The van der Waals surface area contributed by atoms with E-state index in [2.05, 4.69) is 28.0 Å². The van der Waals surface area contributed by atoms with Crippen LogP contribution in [0.3, 0.4) is 0 Å². The molecule has 0 bridgehead atoms. The molecule has 1 amide bonds. The van der Waals surface area contributed by atoms with Crippen LogP contribution < -0.4 is 11.1 Å². The second-order valence-electron chi connectivity index (χ2n) is 5.97. The zero-order valence-corrected chi connectivity index (χ0v) is 12.9. The minimum absolute atomic E-state index is 0.385. The van der Waals surface area contributed by atoms with Crippen molar-refractivity contribution >= 4 is 5.91 Å². The van der Waals surface area contributed by atoms with Gasteiger partial charge >= 0.3 is 0 Å². The lowest BCUT2D eigenvalue weighted by molar-refractivity contribution is 0.100. The van der Waals surface area contributed by atoms with Crippen LogP contribution in [-0.2, 0) is 13.1 Å². The number of fused-ring (bicyclic) bond motifs is 1. The summed E-state index contributed by atoms with van der Waals surface area (Å²) < 4.78 is 2.28. The highest BCUT2D eigenvalue weighted by molar-refractivity contribution is 5.92.